The zero-order valence-corrected chi connectivity index (χ0v) is 20.0. The Morgan fingerprint density at radius 2 is 1.92 bits per heavy atom. The SMILES string of the molecule is CC1=C(c2nc3c(-c4ccc5c(c4)OCOC5)cncc3[nH]2)c2nc(C3CCNCC3)ccc2NN1. The predicted octanol–water partition coefficient (Wildman–Crippen LogP) is 4.06. The van der Waals surface area contributed by atoms with Crippen LogP contribution in [0.5, 0.6) is 5.75 Å². The number of hydrazine groups is 1. The highest BCUT2D eigenvalue weighted by atomic mass is 16.7. The number of piperidine rings is 1. The van der Waals surface area contributed by atoms with Crippen LogP contribution in [0.4, 0.5) is 5.69 Å². The summed E-state index contributed by atoms with van der Waals surface area (Å²) in [7, 11) is 0. The Balaban J connectivity index is 1.32. The van der Waals surface area contributed by atoms with E-state index >= 15 is 0 Å². The van der Waals surface area contributed by atoms with Crippen LogP contribution in [0.1, 0.15) is 48.5 Å². The van der Waals surface area contributed by atoms with Gasteiger partial charge in [-0.05, 0) is 56.6 Å². The molecule has 1 saturated heterocycles. The zero-order chi connectivity index (χ0) is 24.1. The smallest absolute Gasteiger partial charge is 0.189 e. The lowest BCUT2D eigenvalue weighted by atomic mass is 9.93. The van der Waals surface area contributed by atoms with E-state index in [4.69, 9.17) is 19.4 Å². The topological polar surface area (TPSA) is 109 Å². The normalized spacial score (nSPS) is 17.7. The van der Waals surface area contributed by atoms with E-state index < -0.39 is 0 Å². The minimum Gasteiger partial charge on any atom is -0.467 e. The van der Waals surface area contributed by atoms with Gasteiger partial charge in [0.15, 0.2) is 6.79 Å². The van der Waals surface area contributed by atoms with E-state index in [0.717, 1.165) is 93.6 Å². The first-order valence-corrected chi connectivity index (χ1v) is 12.4. The molecule has 182 valence electrons. The van der Waals surface area contributed by atoms with Crippen LogP contribution in [0.15, 0.2) is 48.4 Å². The standard InChI is InChI=1S/C27H27N7O2/c1-15-24(26-21(34-33-15)5-4-20(30-26)16-6-8-28-9-7-16)27-31-22-12-29-11-19(25(22)32-27)17-2-3-18-13-35-14-36-23(18)10-17/h2-5,10-12,16,28,33-34H,6-9,13-14H2,1H3,(H,31,32). The van der Waals surface area contributed by atoms with E-state index in [1.165, 1.54) is 0 Å². The third-order valence-corrected chi connectivity index (χ3v) is 7.24. The number of H-pyrrole nitrogens is 1. The summed E-state index contributed by atoms with van der Waals surface area (Å²) in [5.74, 6) is 2.08. The molecule has 6 heterocycles. The number of anilines is 1. The number of imidazole rings is 1. The van der Waals surface area contributed by atoms with Gasteiger partial charge < -0.3 is 25.2 Å². The van der Waals surface area contributed by atoms with Crippen molar-refractivity contribution in [2.75, 3.05) is 25.3 Å². The number of rotatable bonds is 3. The van der Waals surface area contributed by atoms with E-state index in [-0.39, 0.29) is 6.79 Å². The van der Waals surface area contributed by atoms with Crippen molar-refractivity contribution in [1.82, 2.24) is 30.7 Å². The van der Waals surface area contributed by atoms with E-state index in [2.05, 4.69) is 44.3 Å². The Labute approximate surface area is 208 Å². The fraction of sp³-hybridized carbons (Fsp3) is 0.296. The van der Waals surface area contributed by atoms with Crippen LogP contribution in [0.25, 0.3) is 27.7 Å². The lowest BCUT2D eigenvalue weighted by Crippen LogP contribution is -2.29. The molecule has 3 aliphatic heterocycles. The summed E-state index contributed by atoms with van der Waals surface area (Å²) in [5, 5.41) is 3.44. The molecule has 0 aliphatic carbocycles. The maximum absolute atomic E-state index is 5.71. The molecule has 3 aliphatic rings. The minimum atomic E-state index is 0.270. The Hall–Kier alpha value is -3.95. The molecule has 0 spiro atoms. The van der Waals surface area contributed by atoms with Gasteiger partial charge in [-0.2, -0.15) is 0 Å². The Bertz CT molecular complexity index is 1500. The summed E-state index contributed by atoms with van der Waals surface area (Å²) in [6.45, 7) is 4.94. The molecular weight excluding hydrogens is 454 g/mol. The predicted molar refractivity (Wildman–Crippen MR) is 137 cm³/mol. The van der Waals surface area contributed by atoms with Crippen LogP contribution in [-0.2, 0) is 11.3 Å². The Morgan fingerprint density at radius 1 is 1.00 bits per heavy atom. The van der Waals surface area contributed by atoms with E-state index in [0.29, 0.717) is 12.5 Å². The molecule has 7 rings (SSSR count). The molecule has 9 heteroatoms. The summed E-state index contributed by atoms with van der Waals surface area (Å²) in [6.07, 6.45) is 5.89. The number of pyridine rings is 2. The highest BCUT2D eigenvalue weighted by molar-refractivity contribution is 5.95. The van der Waals surface area contributed by atoms with Crippen molar-refractivity contribution in [2.45, 2.75) is 32.3 Å². The van der Waals surface area contributed by atoms with Crippen molar-refractivity contribution in [3.63, 3.8) is 0 Å². The van der Waals surface area contributed by atoms with Gasteiger partial charge in [0.1, 0.15) is 17.3 Å². The number of aromatic nitrogens is 4. The third kappa shape index (κ3) is 3.59. The second-order valence-electron chi connectivity index (χ2n) is 9.51. The van der Waals surface area contributed by atoms with Gasteiger partial charge in [0.2, 0.25) is 0 Å². The van der Waals surface area contributed by atoms with Crippen LogP contribution in [0, 0.1) is 0 Å². The molecule has 36 heavy (non-hydrogen) atoms. The van der Waals surface area contributed by atoms with Crippen molar-refractivity contribution >= 4 is 22.3 Å². The molecule has 0 saturated carbocycles. The number of nitrogens with one attached hydrogen (secondary N) is 4. The molecule has 0 amide bonds. The molecule has 3 aromatic heterocycles. The van der Waals surface area contributed by atoms with Crippen molar-refractivity contribution in [3.05, 3.63) is 71.2 Å². The monoisotopic (exact) mass is 481 g/mol. The van der Waals surface area contributed by atoms with Crippen molar-refractivity contribution in [2.24, 2.45) is 0 Å². The van der Waals surface area contributed by atoms with Gasteiger partial charge in [0.05, 0.1) is 35.1 Å². The van der Waals surface area contributed by atoms with Crippen molar-refractivity contribution in [1.29, 1.82) is 0 Å². The zero-order valence-electron chi connectivity index (χ0n) is 20.0. The number of hydrogen-bond acceptors (Lipinski definition) is 8. The third-order valence-electron chi connectivity index (χ3n) is 7.24. The lowest BCUT2D eigenvalue weighted by molar-refractivity contribution is -0.0163. The second-order valence-corrected chi connectivity index (χ2v) is 9.51. The molecule has 1 aromatic carbocycles. The number of aromatic amines is 1. The molecule has 9 nitrogen and oxygen atoms in total. The largest absolute Gasteiger partial charge is 0.467 e. The minimum absolute atomic E-state index is 0.270. The number of hydrogen-bond donors (Lipinski definition) is 4. The number of ether oxygens (including phenoxy) is 2. The summed E-state index contributed by atoms with van der Waals surface area (Å²) >= 11 is 0. The van der Waals surface area contributed by atoms with Gasteiger partial charge >= 0.3 is 0 Å². The van der Waals surface area contributed by atoms with Gasteiger partial charge in [-0.1, -0.05) is 12.1 Å². The molecule has 0 bridgehead atoms. The average Bonchev–Trinajstić information content (AvgIpc) is 3.37. The van der Waals surface area contributed by atoms with Crippen LogP contribution in [-0.4, -0.2) is 39.8 Å². The highest BCUT2D eigenvalue weighted by Crippen LogP contribution is 2.37. The molecule has 4 aromatic rings. The molecule has 0 radical (unpaired) electrons. The van der Waals surface area contributed by atoms with E-state index in [1.807, 2.05) is 31.5 Å². The first-order valence-electron chi connectivity index (χ1n) is 12.4. The van der Waals surface area contributed by atoms with Gasteiger partial charge in [-0.25, -0.2) is 4.98 Å². The molecule has 1 fully saturated rings. The van der Waals surface area contributed by atoms with E-state index in [1.54, 1.807) is 0 Å². The lowest BCUT2D eigenvalue weighted by Gasteiger charge is -2.26. The summed E-state index contributed by atoms with van der Waals surface area (Å²) in [5.41, 5.74) is 16.2. The maximum atomic E-state index is 5.71. The average molecular weight is 482 g/mol. The summed E-state index contributed by atoms with van der Waals surface area (Å²) in [6, 6.07) is 10.4. The van der Waals surface area contributed by atoms with E-state index in [9.17, 15) is 0 Å². The molecule has 4 N–H and O–H groups in total. The van der Waals surface area contributed by atoms with Crippen LogP contribution >= 0.6 is 0 Å². The Morgan fingerprint density at radius 3 is 2.83 bits per heavy atom. The fourth-order valence-corrected chi connectivity index (χ4v) is 5.30. The number of fused-ring (bicyclic) bond motifs is 3. The number of allylic oxidation sites excluding steroid dienone is 1. The van der Waals surface area contributed by atoms with Gasteiger partial charge in [-0.3, -0.25) is 15.4 Å². The number of nitrogens with zero attached hydrogens (tertiary/aromatic N) is 3. The summed E-state index contributed by atoms with van der Waals surface area (Å²) in [4.78, 5) is 18.2. The quantitative estimate of drug-likeness (QED) is 0.347. The fourth-order valence-electron chi connectivity index (χ4n) is 5.30. The van der Waals surface area contributed by atoms with Gasteiger partial charge in [-0.15, -0.1) is 0 Å². The molecule has 0 unspecified atom stereocenters. The molecular formula is C27H27N7O2. The van der Waals surface area contributed by atoms with Crippen molar-refractivity contribution in [3.8, 4) is 16.9 Å². The first-order chi connectivity index (χ1) is 17.7. The van der Waals surface area contributed by atoms with Gasteiger partial charge in [0.25, 0.3) is 0 Å². The molecule has 0 atom stereocenters. The Kier molecular flexibility index (Phi) is 5.11. The van der Waals surface area contributed by atoms with Gasteiger partial charge in [0, 0.05) is 34.6 Å². The summed E-state index contributed by atoms with van der Waals surface area (Å²) < 4.78 is 11.1. The second kappa shape index (κ2) is 8.61. The van der Waals surface area contributed by atoms with Crippen molar-refractivity contribution < 1.29 is 9.47 Å². The maximum Gasteiger partial charge on any atom is 0.189 e. The highest BCUT2D eigenvalue weighted by Gasteiger charge is 2.26. The number of benzene rings is 1. The van der Waals surface area contributed by atoms with Crippen LogP contribution < -0.4 is 20.9 Å². The van der Waals surface area contributed by atoms with Crippen LogP contribution in [0.2, 0.25) is 0 Å². The first kappa shape index (κ1) is 21.3. The van der Waals surface area contributed by atoms with Crippen LogP contribution in [0.3, 0.4) is 0 Å².